The Hall–Kier alpha value is -0.220. The second-order valence-electron chi connectivity index (χ2n) is 2.49. The van der Waals surface area contributed by atoms with Crippen LogP contribution in [0.25, 0.3) is 0 Å². The van der Waals surface area contributed by atoms with E-state index in [1.54, 1.807) is 0 Å². The van der Waals surface area contributed by atoms with E-state index in [9.17, 15) is 8.78 Å². The summed E-state index contributed by atoms with van der Waals surface area (Å²) >= 11 is 0. The molecule has 10 heavy (non-hydrogen) atoms. The van der Waals surface area contributed by atoms with Crippen molar-refractivity contribution < 1.29 is 8.78 Å². The van der Waals surface area contributed by atoms with E-state index in [1.807, 2.05) is 0 Å². The van der Waals surface area contributed by atoms with Crippen molar-refractivity contribution in [2.24, 2.45) is 11.5 Å². The van der Waals surface area contributed by atoms with Crippen LogP contribution in [0.4, 0.5) is 8.78 Å². The minimum atomic E-state index is -2.77. The molecule has 0 amide bonds. The van der Waals surface area contributed by atoms with Crippen LogP contribution >= 0.6 is 0 Å². The van der Waals surface area contributed by atoms with Gasteiger partial charge in [0.05, 0.1) is 6.04 Å². The lowest BCUT2D eigenvalue weighted by Crippen LogP contribution is -2.38. The average Bonchev–Trinajstić information content (AvgIpc) is 1.80. The zero-order valence-electron chi connectivity index (χ0n) is 6.11. The number of rotatable bonds is 4. The Balaban J connectivity index is 3.52. The maximum Gasteiger partial charge on any atom is 0.260 e. The lowest BCUT2D eigenvalue weighted by Gasteiger charge is -2.18. The molecule has 0 aromatic rings. The van der Waals surface area contributed by atoms with Gasteiger partial charge >= 0.3 is 0 Å². The summed E-state index contributed by atoms with van der Waals surface area (Å²) in [6.45, 7) is 1.25. The maximum absolute atomic E-state index is 12.3. The van der Waals surface area contributed by atoms with Gasteiger partial charge in [-0.25, -0.2) is 8.78 Å². The van der Waals surface area contributed by atoms with Gasteiger partial charge in [-0.3, -0.25) is 0 Å². The van der Waals surface area contributed by atoms with E-state index in [1.165, 1.54) is 0 Å². The highest BCUT2D eigenvalue weighted by Gasteiger charge is 2.29. The van der Waals surface area contributed by atoms with Crippen molar-refractivity contribution in [3.63, 3.8) is 0 Å². The van der Waals surface area contributed by atoms with E-state index < -0.39 is 12.0 Å². The van der Waals surface area contributed by atoms with Crippen molar-refractivity contribution in [1.29, 1.82) is 0 Å². The number of alkyl halides is 2. The second-order valence-corrected chi connectivity index (χ2v) is 2.49. The van der Waals surface area contributed by atoms with E-state index in [0.717, 1.165) is 6.92 Å². The third kappa shape index (κ3) is 3.74. The second kappa shape index (κ2) is 3.83. The summed E-state index contributed by atoms with van der Waals surface area (Å²) in [7, 11) is 0. The molecule has 1 atom stereocenters. The van der Waals surface area contributed by atoms with Crippen LogP contribution in [-0.4, -0.2) is 18.5 Å². The van der Waals surface area contributed by atoms with Crippen LogP contribution in [-0.2, 0) is 0 Å². The fraction of sp³-hybridized carbons (Fsp3) is 1.00. The van der Waals surface area contributed by atoms with Gasteiger partial charge in [-0.15, -0.1) is 0 Å². The van der Waals surface area contributed by atoms with Crippen molar-refractivity contribution in [1.82, 2.24) is 0 Å². The van der Waals surface area contributed by atoms with Crippen LogP contribution in [0.15, 0.2) is 0 Å². The molecule has 0 saturated heterocycles. The van der Waals surface area contributed by atoms with Crippen molar-refractivity contribution in [2.75, 3.05) is 6.54 Å². The summed E-state index contributed by atoms with van der Waals surface area (Å²) in [4.78, 5) is 0. The molecule has 4 N–H and O–H groups in total. The highest BCUT2D eigenvalue weighted by atomic mass is 19.3. The predicted molar refractivity (Wildman–Crippen MR) is 36.9 cm³/mol. The summed E-state index contributed by atoms with van der Waals surface area (Å²) in [5.41, 5.74) is 10.3. The summed E-state index contributed by atoms with van der Waals surface area (Å²) < 4.78 is 24.5. The van der Waals surface area contributed by atoms with Gasteiger partial charge in [0.2, 0.25) is 0 Å². The minimum Gasteiger partial charge on any atom is -0.330 e. The van der Waals surface area contributed by atoms with E-state index in [0.29, 0.717) is 19.4 Å². The molecule has 0 aliphatic rings. The topological polar surface area (TPSA) is 52.0 Å². The fourth-order valence-electron chi connectivity index (χ4n) is 0.591. The van der Waals surface area contributed by atoms with Gasteiger partial charge in [0, 0.05) is 6.92 Å². The Labute approximate surface area is 59.6 Å². The van der Waals surface area contributed by atoms with Crippen molar-refractivity contribution in [2.45, 2.75) is 31.7 Å². The van der Waals surface area contributed by atoms with Gasteiger partial charge in [0.15, 0.2) is 0 Å². The predicted octanol–water partition coefficient (Wildman–Crippen LogP) is 0.708. The van der Waals surface area contributed by atoms with Crippen molar-refractivity contribution in [3.05, 3.63) is 0 Å². The van der Waals surface area contributed by atoms with Crippen molar-refractivity contribution in [3.8, 4) is 0 Å². The van der Waals surface area contributed by atoms with Gasteiger partial charge in [-0.05, 0) is 19.4 Å². The standard InChI is InChI=1S/C6H14F2N2/c1-6(7,8)5(10)3-2-4-9/h5H,2-4,9-10H2,1H3. The fourth-order valence-corrected chi connectivity index (χ4v) is 0.591. The Morgan fingerprint density at radius 1 is 1.50 bits per heavy atom. The first-order chi connectivity index (χ1) is 4.48. The van der Waals surface area contributed by atoms with Gasteiger partial charge in [0.25, 0.3) is 5.92 Å². The smallest absolute Gasteiger partial charge is 0.260 e. The molecule has 1 unspecified atom stereocenters. The SMILES string of the molecule is CC(F)(F)C(N)CCCN. The third-order valence-electron chi connectivity index (χ3n) is 1.37. The third-order valence-corrected chi connectivity index (χ3v) is 1.37. The van der Waals surface area contributed by atoms with Gasteiger partial charge in [-0.2, -0.15) is 0 Å². The molecule has 0 fully saturated rings. The van der Waals surface area contributed by atoms with Gasteiger partial charge in [-0.1, -0.05) is 0 Å². The molecule has 62 valence electrons. The molecule has 0 spiro atoms. The largest absolute Gasteiger partial charge is 0.330 e. The van der Waals surface area contributed by atoms with Crippen LogP contribution in [0.2, 0.25) is 0 Å². The summed E-state index contributed by atoms with van der Waals surface area (Å²) in [5.74, 6) is -2.77. The molecule has 0 rings (SSSR count). The highest BCUT2D eigenvalue weighted by Crippen LogP contribution is 2.18. The number of hydrogen-bond donors (Lipinski definition) is 2. The van der Waals surface area contributed by atoms with E-state index >= 15 is 0 Å². The van der Waals surface area contributed by atoms with Crippen LogP contribution < -0.4 is 11.5 Å². The zero-order valence-corrected chi connectivity index (χ0v) is 6.11. The van der Waals surface area contributed by atoms with E-state index in [2.05, 4.69) is 0 Å². The summed E-state index contributed by atoms with van der Waals surface area (Å²) in [6, 6.07) is -1.05. The summed E-state index contributed by atoms with van der Waals surface area (Å²) in [6.07, 6.45) is 0.852. The lowest BCUT2D eigenvalue weighted by atomic mass is 10.1. The average molecular weight is 152 g/mol. The van der Waals surface area contributed by atoms with Crippen molar-refractivity contribution >= 4 is 0 Å². The van der Waals surface area contributed by atoms with E-state index in [-0.39, 0.29) is 0 Å². The highest BCUT2D eigenvalue weighted by molar-refractivity contribution is 4.75. The number of nitrogens with two attached hydrogens (primary N) is 2. The van der Waals surface area contributed by atoms with Gasteiger partial charge < -0.3 is 11.5 Å². The lowest BCUT2D eigenvalue weighted by molar-refractivity contribution is -0.00813. The molecular weight excluding hydrogens is 138 g/mol. The Morgan fingerprint density at radius 3 is 2.30 bits per heavy atom. The number of halogens is 2. The quantitative estimate of drug-likeness (QED) is 0.623. The Morgan fingerprint density at radius 2 is 2.00 bits per heavy atom. The van der Waals surface area contributed by atoms with Crippen LogP contribution in [0, 0.1) is 0 Å². The molecule has 0 aromatic heterocycles. The van der Waals surface area contributed by atoms with Gasteiger partial charge in [0.1, 0.15) is 0 Å². The van der Waals surface area contributed by atoms with Crippen LogP contribution in [0.3, 0.4) is 0 Å². The van der Waals surface area contributed by atoms with Crippen LogP contribution in [0.5, 0.6) is 0 Å². The summed E-state index contributed by atoms with van der Waals surface area (Å²) in [5, 5.41) is 0. The minimum absolute atomic E-state index is 0.292. The number of hydrogen-bond acceptors (Lipinski definition) is 2. The molecule has 2 nitrogen and oxygen atoms in total. The maximum atomic E-state index is 12.3. The monoisotopic (exact) mass is 152 g/mol. The van der Waals surface area contributed by atoms with E-state index in [4.69, 9.17) is 11.5 Å². The zero-order chi connectivity index (χ0) is 8.20. The Bertz CT molecular complexity index is 90.2. The van der Waals surface area contributed by atoms with Crippen LogP contribution in [0.1, 0.15) is 19.8 Å². The molecule has 0 aromatic carbocycles. The first-order valence-corrected chi connectivity index (χ1v) is 3.32. The molecular formula is C6H14F2N2. The molecule has 0 saturated carbocycles. The molecule has 0 radical (unpaired) electrons. The molecule has 0 aliphatic heterocycles. The molecule has 0 bridgehead atoms. The first kappa shape index (κ1) is 9.78. The molecule has 0 aliphatic carbocycles. The first-order valence-electron chi connectivity index (χ1n) is 3.32. The molecule has 4 heteroatoms. The Kier molecular flexibility index (Phi) is 3.75. The normalized spacial score (nSPS) is 15.3. The molecule has 0 heterocycles.